The minimum absolute atomic E-state index is 0.0151. The number of amides is 9. The van der Waals surface area contributed by atoms with Crippen LogP contribution in [0.5, 0.6) is 5.75 Å². The molecule has 2 heterocycles. The first kappa shape index (κ1) is 56.5. The van der Waals surface area contributed by atoms with Crippen LogP contribution >= 0.6 is 21.6 Å². The summed E-state index contributed by atoms with van der Waals surface area (Å²) >= 11 is 0. The van der Waals surface area contributed by atoms with Gasteiger partial charge in [-0.15, -0.1) is 0 Å². The van der Waals surface area contributed by atoms with Gasteiger partial charge in [0, 0.05) is 43.9 Å². The predicted molar refractivity (Wildman–Crippen MR) is 261 cm³/mol. The van der Waals surface area contributed by atoms with E-state index in [1.54, 1.807) is 30.3 Å². The van der Waals surface area contributed by atoms with Gasteiger partial charge in [0.2, 0.25) is 53.2 Å². The number of phenolic OH excluding ortho intramolecular Hbond substituents is 1. The van der Waals surface area contributed by atoms with Crippen LogP contribution in [-0.4, -0.2) is 153 Å². The summed E-state index contributed by atoms with van der Waals surface area (Å²) in [6.45, 7) is 0.109. The Hall–Kier alpha value is -7.13. The molecule has 3 unspecified atom stereocenters. The second-order valence-electron chi connectivity index (χ2n) is 16.8. The highest BCUT2D eigenvalue weighted by molar-refractivity contribution is 8.76. The fraction of sp³-hybridized carbons (Fsp3) is 0.477. The summed E-state index contributed by atoms with van der Waals surface area (Å²) in [5.74, 6) is -10.2. The lowest BCUT2D eigenvalue weighted by Gasteiger charge is -2.30. The zero-order valence-corrected chi connectivity index (χ0v) is 40.2. The highest BCUT2D eigenvalue weighted by Crippen LogP contribution is 2.26. The van der Waals surface area contributed by atoms with Gasteiger partial charge < -0.3 is 75.7 Å². The number of hydrogen-bond donors (Lipinski definition) is 13. The minimum atomic E-state index is -1.78. The molecule has 2 aromatic carbocycles. The number of primary amides is 2. The van der Waals surface area contributed by atoms with Gasteiger partial charge in [-0.2, -0.15) is 0 Å². The zero-order valence-electron chi connectivity index (χ0n) is 38.6. The molecule has 386 valence electrons. The largest absolute Gasteiger partial charge is 0.508 e. The molecule has 2 aliphatic heterocycles. The second kappa shape index (κ2) is 27.9. The molecule has 2 saturated heterocycles. The van der Waals surface area contributed by atoms with Crippen molar-refractivity contribution in [2.75, 3.05) is 24.6 Å². The maximum Gasteiger partial charge on any atom is 0.326 e. The molecule has 0 aromatic heterocycles. The number of nitrogens with two attached hydrogens (primary N) is 5. The number of aliphatic imine (C=N–C) groups is 1. The number of hydrogen-bond acceptors (Lipinski definition) is 15. The van der Waals surface area contributed by atoms with E-state index in [9.17, 15) is 58.2 Å². The molecule has 2 aromatic rings. The van der Waals surface area contributed by atoms with Crippen molar-refractivity contribution in [3.8, 4) is 5.75 Å². The van der Waals surface area contributed by atoms with Gasteiger partial charge >= 0.3 is 5.97 Å². The van der Waals surface area contributed by atoms with Crippen molar-refractivity contribution in [2.24, 2.45) is 33.7 Å². The monoisotopic (exact) mass is 1030 g/mol. The van der Waals surface area contributed by atoms with Crippen molar-refractivity contribution >= 4 is 86.7 Å². The second-order valence-corrected chi connectivity index (χ2v) is 19.3. The van der Waals surface area contributed by atoms with E-state index in [2.05, 4.69) is 36.9 Å². The van der Waals surface area contributed by atoms with E-state index in [0.717, 1.165) is 21.6 Å². The zero-order chi connectivity index (χ0) is 52.2. The number of nitrogens with zero attached hydrogens (tertiary/aromatic N) is 2. The number of carbonyl (C=O) groups is 10. The molecule has 0 spiro atoms. The van der Waals surface area contributed by atoms with E-state index < -0.39 is 127 Å². The highest BCUT2D eigenvalue weighted by atomic mass is 33.1. The third kappa shape index (κ3) is 18.6. The lowest BCUT2D eigenvalue weighted by atomic mass is 10.0. The van der Waals surface area contributed by atoms with Crippen LogP contribution < -0.4 is 60.6 Å². The Bertz CT molecular complexity index is 2270. The Morgan fingerprint density at radius 1 is 0.732 bits per heavy atom. The summed E-state index contributed by atoms with van der Waals surface area (Å²) in [5.41, 5.74) is 29.0. The van der Waals surface area contributed by atoms with Gasteiger partial charge in [-0.3, -0.25) is 48.1 Å². The molecule has 71 heavy (non-hydrogen) atoms. The van der Waals surface area contributed by atoms with Crippen LogP contribution in [0.2, 0.25) is 0 Å². The van der Waals surface area contributed by atoms with Gasteiger partial charge in [0.15, 0.2) is 5.96 Å². The summed E-state index contributed by atoms with van der Waals surface area (Å²) in [7, 11) is 2.00. The van der Waals surface area contributed by atoms with E-state index in [1.165, 1.54) is 29.2 Å². The molecule has 4 rings (SSSR count). The van der Waals surface area contributed by atoms with E-state index in [-0.39, 0.29) is 68.4 Å². The van der Waals surface area contributed by atoms with Crippen molar-refractivity contribution < 1.29 is 58.2 Å². The molecule has 18 N–H and O–H groups in total. The normalized spacial score (nSPS) is 23.3. The smallest absolute Gasteiger partial charge is 0.326 e. The van der Waals surface area contributed by atoms with Crippen molar-refractivity contribution in [2.45, 2.75) is 106 Å². The van der Waals surface area contributed by atoms with Crippen LogP contribution in [0.4, 0.5) is 0 Å². The molecule has 2 aliphatic rings. The van der Waals surface area contributed by atoms with Gasteiger partial charge in [-0.05, 0) is 55.4 Å². The van der Waals surface area contributed by atoms with Crippen molar-refractivity contribution in [3.05, 3.63) is 65.7 Å². The van der Waals surface area contributed by atoms with E-state index in [0.29, 0.717) is 17.5 Å². The Balaban J connectivity index is 1.70. The fourth-order valence-corrected chi connectivity index (χ4v) is 9.77. The number of nitrogens with one attached hydrogen (secondary N) is 6. The minimum Gasteiger partial charge on any atom is -0.508 e. The number of benzene rings is 2. The molecule has 8 atom stereocenters. The molecular weight excluding hydrogens is 967 g/mol. The van der Waals surface area contributed by atoms with Crippen LogP contribution in [0.15, 0.2) is 59.6 Å². The van der Waals surface area contributed by atoms with Crippen molar-refractivity contribution in [1.82, 2.24) is 36.8 Å². The van der Waals surface area contributed by atoms with E-state index in [1.807, 2.05) is 0 Å². The van der Waals surface area contributed by atoms with Gasteiger partial charge in [-0.25, -0.2) is 4.79 Å². The topological polar surface area (TPSA) is 429 Å². The highest BCUT2D eigenvalue weighted by Gasteiger charge is 2.40. The average Bonchev–Trinajstić information content (AvgIpc) is 3.82. The van der Waals surface area contributed by atoms with Crippen LogP contribution in [0.1, 0.15) is 56.1 Å². The molecule has 0 radical (unpaired) electrons. The summed E-state index contributed by atoms with van der Waals surface area (Å²) in [5, 5.41) is 34.9. The number of aliphatic carboxylic acids is 1. The van der Waals surface area contributed by atoms with Crippen LogP contribution in [0.3, 0.4) is 0 Å². The van der Waals surface area contributed by atoms with Gasteiger partial charge in [-0.1, -0.05) is 64.1 Å². The first-order valence-corrected chi connectivity index (χ1v) is 25.0. The summed E-state index contributed by atoms with van der Waals surface area (Å²) in [6.07, 6.45) is -1.38. The standard InChI is InChI=1S/C44H61N13O12S2/c45-26-21-70-71-22-32(42(67)57-17-5-9-33(57)41(66)52-28(43(68)69)8-4-16-50-44(48)49)56-40(65)31(20-35(47)60)55-37(62)27(14-15-34(46)59)51-38(63)30(18-23-6-2-1-3-7-23)54-39(64)29(53-36(26)61)19-24-10-12-25(58)13-11-24/h1-3,6-7,10-13,26-33,58H,4-5,8-9,14-22,45H2,(H2,46,59)(H2,47,60)(H,51,63)(H,52,66)(H,53,61)(H,54,64)(H,55,62)(H,56,65)(H,68,69)(H4,48,49,50)/t26-,27-,28-,29?,30?,31?,32-,33-/m0/s1. The Morgan fingerprint density at radius 2 is 1.30 bits per heavy atom. The predicted octanol–water partition coefficient (Wildman–Crippen LogP) is -3.92. The molecule has 0 saturated carbocycles. The van der Waals surface area contributed by atoms with Gasteiger partial charge in [0.05, 0.1) is 12.5 Å². The van der Waals surface area contributed by atoms with Gasteiger partial charge in [0.1, 0.15) is 48.0 Å². The van der Waals surface area contributed by atoms with E-state index in [4.69, 9.17) is 28.7 Å². The fourth-order valence-electron chi connectivity index (χ4n) is 7.49. The molecule has 0 aliphatic carbocycles. The number of aromatic hydroxyl groups is 1. The van der Waals surface area contributed by atoms with Crippen LogP contribution in [-0.2, 0) is 60.8 Å². The van der Waals surface area contributed by atoms with Crippen molar-refractivity contribution in [1.29, 1.82) is 0 Å². The summed E-state index contributed by atoms with van der Waals surface area (Å²) in [6, 6.07) is 2.78. The Kier molecular flexibility index (Phi) is 22.2. The third-order valence-electron chi connectivity index (χ3n) is 11.2. The molecule has 27 heteroatoms. The van der Waals surface area contributed by atoms with Crippen LogP contribution in [0.25, 0.3) is 0 Å². The molecule has 2 fully saturated rings. The Labute approximate surface area is 416 Å². The maximum absolute atomic E-state index is 14.4. The lowest BCUT2D eigenvalue weighted by Crippen LogP contribution is -2.61. The molecule has 25 nitrogen and oxygen atoms in total. The van der Waals surface area contributed by atoms with Crippen LogP contribution in [0, 0.1) is 0 Å². The third-order valence-corrected chi connectivity index (χ3v) is 13.6. The molecule has 9 amide bonds. The quantitative estimate of drug-likeness (QED) is 0.0312. The van der Waals surface area contributed by atoms with E-state index >= 15 is 0 Å². The number of carbonyl (C=O) groups excluding carboxylic acids is 9. The van der Waals surface area contributed by atoms with Crippen molar-refractivity contribution in [3.63, 3.8) is 0 Å². The number of guanidine groups is 1. The first-order chi connectivity index (χ1) is 33.7. The lowest BCUT2D eigenvalue weighted by molar-refractivity contribution is -0.145. The van der Waals surface area contributed by atoms with Gasteiger partial charge in [0.25, 0.3) is 0 Å². The Morgan fingerprint density at radius 3 is 1.90 bits per heavy atom. The number of phenols is 1. The molecule has 0 bridgehead atoms. The number of carboxylic acids is 1. The SMILES string of the molecule is NC(=O)CC[C@@H]1NC(=O)C(Cc2ccccc2)NC(=O)C(Cc2ccc(O)cc2)NC(=O)[C@@H](N)CSSC[C@@H](C(=O)N2CCC[C@H]2C(=O)N[C@@H](CCCN=C(N)N)C(=O)O)NC(=O)C(CC(N)=O)NC1=O. The first-order valence-electron chi connectivity index (χ1n) is 22.5. The number of carboxylic acid groups (broad SMARTS) is 1. The summed E-state index contributed by atoms with van der Waals surface area (Å²) < 4.78 is 0. The summed E-state index contributed by atoms with van der Waals surface area (Å²) in [4.78, 5) is 140. The molecular formula is C44H61N13O12S2. The average molecular weight is 1030 g/mol. The number of rotatable bonds is 17. The maximum atomic E-state index is 14.4. The number of likely N-dealkylation sites (tertiary alicyclic amines) is 1.